The highest BCUT2D eigenvalue weighted by molar-refractivity contribution is 8.04. The van der Waals surface area contributed by atoms with Gasteiger partial charge in [-0.2, -0.15) is 0 Å². The Morgan fingerprint density at radius 3 is 2.41 bits per heavy atom. The third kappa shape index (κ3) is 6.42. The first-order valence-electron chi connectivity index (χ1n) is 12.0. The van der Waals surface area contributed by atoms with Crippen molar-refractivity contribution in [2.45, 2.75) is 38.8 Å². The molecule has 8 nitrogen and oxygen atoms in total. The van der Waals surface area contributed by atoms with Crippen LogP contribution in [-0.2, 0) is 20.7 Å². The van der Waals surface area contributed by atoms with Crippen molar-refractivity contribution in [1.82, 2.24) is 14.9 Å². The number of hydrogen-bond acceptors (Lipinski definition) is 8. The number of rotatable bonds is 10. The van der Waals surface area contributed by atoms with Crippen molar-refractivity contribution in [1.29, 1.82) is 0 Å². The molecule has 0 fully saturated rings. The Labute approximate surface area is 220 Å². The predicted molar refractivity (Wildman–Crippen MR) is 142 cm³/mol. The Morgan fingerprint density at radius 1 is 0.973 bits per heavy atom. The highest BCUT2D eigenvalue weighted by Gasteiger charge is 2.39. The zero-order valence-electron chi connectivity index (χ0n) is 21.0. The molecular formula is C28H28N4O4S. The van der Waals surface area contributed by atoms with Crippen molar-refractivity contribution >= 4 is 35.2 Å². The van der Waals surface area contributed by atoms with Crippen molar-refractivity contribution in [2.24, 2.45) is 0 Å². The second-order valence-electron chi connectivity index (χ2n) is 8.58. The minimum atomic E-state index is -0.448. The monoisotopic (exact) mass is 516 g/mol. The van der Waals surface area contributed by atoms with Crippen LogP contribution in [0.2, 0.25) is 0 Å². The molecule has 0 saturated carbocycles. The van der Waals surface area contributed by atoms with Crippen LogP contribution in [0.3, 0.4) is 0 Å². The number of amides is 2. The number of thioether (sulfide) groups is 1. The molecule has 1 aliphatic rings. The maximum absolute atomic E-state index is 13.5. The molecule has 0 bridgehead atoms. The molecule has 9 heteroatoms. The van der Waals surface area contributed by atoms with Crippen LogP contribution in [0.15, 0.2) is 76.4 Å². The van der Waals surface area contributed by atoms with E-state index in [0.717, 1.165) is 28.7 Å². The fourth-order valence-corrected chi connectivity index (χ4v) is 4.82. The maximum atomic E-state index is 13.5. The largest absolute Gasteiger partial charge is 0.462 e. The summed E-state index contributed by atoms with van der Waals surface area (Å²) in [6.07, 6.45) is 1.25. The number of imide groups is 1. The van der Waals surface area contributed by atoms with E-state index in [0.29, 0.717) is 35.9 Å². The molecule has 0 atom stereocenters. The van der Waals surface area contributed by atoms with Crippen LogP contribution < -0.4 is 5.32 Å². The van der Waals surface area contributed by atoms with Gasteiger partial charge in [0, 0.05) is 23.6 Å². The molecular weight excluding hydrogens is 488 g/mol. The second kappa shape index (κ2) is 11.8. The molecule has 0 unspecified atom stereocenters. The summed E-state index contributed by atoms with van der Waals surface area (Å²) in [6.45, 7) is 6.17. The summed E-state index contributed by atoms with van der Waals surface area (Å²) < 4.78 is 5.23. The van der Waals surface area contributed by atoms with Crippen LogP contribution in [0.5, 0.6) is 0 Å². The summed E-state index contributed by atoms with van der Waals surface area (Å²) in [5.41, 5.74) is 3.52. The molecule has 4 rings (SSSR count). The van der Waals surface area contributed by atoms with Gasteiger partial charge in [0.25, 0.3) is 11.8 Å². The highest BCUT2D eigenvalue weighted by Crippen LogP contribution is 2.34. The lowest BCUT2D eigenvalue weighted by Gasteiger charge is -2.15. The fraction of sp³-hybridized carbons (Fsp3) is 0.250. The van der Waals surface area contributed by atoms with Crippen LogP contribution in [0, 0.1) is 13.8 Å². The summed E-state index contributed by atoms with van der Waals surface area (Å²) in [6, 6.07) is 18.2. The number of carbonyl (C=O) groups is 3. The molecule has 2 aromatic carbocycles. The van der Waals surface area contributed by atoms with Gasteiger partial charge in [0.05, 0.1) is 12.2 Å². The van der Waals surface area contributed by atoms with Crippen LogP contribution in [-0.4, -0.2) is 45.8 Å². The Morgan fingerprint density at radius 2 is 1.70 bits per heavy atom. The first kappa shape index (κ1) is 26.1. The van der Waals surface area contributed by atoms with Crippen LogP contribution in [0.1, 0.15) is 40.7 Å². The van der Waals surface area contributed by atoms with Crippen LogP contribution >= 0.6 is 11.8 Å². The summed E-state index contributed by atoms with van der Waals surface area (Å²) in [4.78, 5) is 49.6. The normalized spacial score (nSPS) is 13.3. The van der Waals surface area contributed by atoms with Gasteiger partial charge in [-0.05, 0) is 68.3 Å². The molecule has 3 aromatic rings. The van der Waals surface area contributed by atoms with Crippen LogP contribution in [0.4, 0.5) is 5.69 Å². The second-order valence-corrected chi connectivity index (χ2v) is 9.56. The third-order valence-corrected chi connectivity index (χ3v) is 6.50. The van der Waals surface area contributed by atoms with E-state index in [1.54, 1.807) is 24.3 Å². The van der Waals surface area contributed by atoms with Gasteiger partial charge in [-0.3, -0.25) is 14.5 Å². The maximum Gasteiger partial charge on any atom is 0.338 e. The van der Waals surface area contributed by atoms with Gasteiger partial charge in [0.1, 0.15) is 10.6 Å². The van der Waals surface area contributed by atoms with Gasteiger partial charge in [-0.1, -0.05) is 43.3 Å². The number of ether oxygens (including phenoxy) is 1. The van der Waals surface area contributed by atoms with Crippen LogP contribution in [0.25, 0.3) is 0 Å². The summed E-state index contributed by atoms with van der Waals surface area (Å²) in [5, 5.41) is 3.47. The van der Waals surface area contributed by atoms with E-state index < -0.39 is 17.8 Å². The topological polar surface area (TPSA) is 101 Å². The lowest BCUT2D eigenvalue weighted by Crippen LogP contribution is -2.34. The number of benzene rings is 2. The summed E-state index contributed by atoms with van der Waals surface area (Å²) in [5.74, 6) is -1.29. The quantitative estimate of drug-likeness (QED) is 0.235. The number of hydrogen-bond donors (Lipinski definition) is 1. The van der Waals surface area contributed by atoms with Gasteiger partial charge in [0.2, 0.25) is 0 Å². The lowest BCUT2D eigenvalue weighted by molar-refractivity contribution is -0.137. The number of nitrogens with zero attached hydrogens (tertiary/aromatic N) is 3. The number of nitrogens with one attached hydrogen (secondary N) is 1. The standard InChI is InChI=1S/C28H28N4O4S/c1-4-15-36-27(35)21-11-8-12-22(17-21)31-23-24(37-28-29-18(2)16-19(3)30-28)26(34)32(25(23)33)14-13-20-9-6-5-7-10-20/h5-12,16-17,31H,4,13-15H2,1-3H3. The number of esters is 1. The van der Waals surface area contributed by atoms with Crippen molar-refractivity contribution in [3.8, 4) is 0 Å². The van der Waals surface area contributed by atoms with E-state index in [2.05, 4.69) is 15.3 Å². The summed E-state index contributed by atoms with van der Waals surface area (Å²) in [7, 11) is 0. The van der Waals surface area contributed by atoms with E-state index in [4.69, 9.17) is 4.74 Å². The number of aromatic nitrogens is 2. The van der Waals surface area contributed by atoms with Gasteiger partial charge in [-0.15, -0.1) is 0 Å². The smallest absolute Gasteiger partial charge is 0.338 e. The summed E-state index contributed by atoms with van der Waals surface area (Å²) >= 11 is 1.06. The van der Waals surface area contributed by atoms with Gasteiger partial charge in [-0.25, -0.2) is 14.8 Å². The molecule has 37 heavy (non-hydrogen) atoms. The predicted octanol–water partition coefficient (Wildman–Crippen LogP) is 4.69. The number of anilines is 1. The molecule has 1 N–H and O–H groups in total. The van der Waals surface area contributed by atoms with Crippen molar-refractivity contribution in [3.63, 3.8) is 0 Å². The molecule has 0 saturated heterocycles. The first-order valence-corrected chi connectivity index (χ1v) is 12.9. The van der Waals surface area contributed by atoms with Gasteiger partial charge < -0.3 is 10.1 Å². The minimum Gasteiger partial charge on any atom is -0.462 e. The minimum absolute atomic E-state index is 0.130. The van der Waals surface area contributed by atoms with E-state index in [9.17, 15) is 14.4 Å². The van der Waals surface area contributed by atoms with Gasteiger partial charge in [0.15, 0.2) is 5.16 Å². The zero-order valence-corrected chi connectivity index (χ0v) is 21.8. The van der Waals surface area contributed by atoms with Gasteiger partial charge >= 0.3 is 5.97 Å². The van der Waals surface area contributed by atoms with E-state index >= 15 is 0 Å². The Bertz CT molecular complexity index is 1340. The molecule has 0 aliphatic carbocycles. The Hall–Kier alpha value is -3.98. The molecule has 2 heterocycles. The average molecular weight is 517 g/mol. The molecule has 0 radical (unpaired) electrons. The molecule has 2 amide bonds. The van der Waals surface area contributed by atoms with E-state index in [1.807, 2.05) is 57.2 Å². The third-order valence-electron chi connectivity index (χ3n) is 5.55. The molecule has 0 spiro atoms. The Kier molecular flexibility index (Phi) is 8.35. The highest BCUT2D eigenvalue weighted by atomic mass is 32.2. The average Bonchev–Trinajstić information content (AvgIpc) is 3.09. The van der Waals surface area contributed by atoms with Crippen molar-refractivity contribution in [2.75, 3.05) is 18.5 Å². The van der Waals surface area contributed by atoms with E-state index in [-0.39, 0.29) is 17.1 Å². The SMILES string of the molecule is CCCOC(=O)c1cccc(NC2=C(Sc3nc(C)cc(C)n3)C(=O)N(CCc3ccccc3)C2=O)c1. The Balaban J connectivity index is 1.63. The van der Waals surface area contributed by atoms with Crippen molar-refractivity contribution < 1.29 is 19.1 Å². The number of carbonyl (C=O) groups excluding carboxylic acids is 3. The zero-order chi connectivity index (χ0) is 26.4. The van der Waals surface area contributed by atoms with E-state index in [1.165, 1.54) is 4.90 Å². The molecule has 1 aromatic heterocycles. The number of aryl methyl sites for hydroxylation is 2. The molecule has 1 aliphatic heterocycles. The van der Waals surface area contributed by atoms with Crippen molar-refractivity contribution in [3.05, 3.63) is 93.8 Å². The lowest BCUT2D eigenvalue weighted by atomic mass is 10.1. The fourth-order valence-electron chi connectivity index (χ4n) is 3.82. The molecule has 190 valence electrons. The first-order chi connectivity index (χ1) is 17.9.